The van der Waals surface area contributed by atoms with Crippen molar-refractivity contribution in [1.82, 2.24) is 25.2 Å². The van der Waals surface area contributed by atoms with Crippen LogP contribution >= 0.6 is 12.4 Å². The van der Waals surface area contributed by atoms with Crippen molar-refractivity contribution in [3.63, 3.8) is 0 Å². The van der Waals surface area contributed by atoms with Gasteiger partial charge in [-0.1, -0.05) is 5.21 Å². The van der Waals surface area contributed by atoms with Gasteiger partial charge in [0.1, 0.15) is 13.2 Å². The molecule has 1 unspecified atom stereocenters. The Labute approximate surface area is 157 Å². The maximum atomic E-state index is 12.8. The van der Waals surface area contributed by atoms with Crippen LogP contribution in [0, 0.1) is 6.92 Å². The van der Waals surface area contributed by atoms with Gasteiger partial charge in [-0.3, -0.25) is 4.79 Å². The third kappa shape index (κ3) is 3.22. The minimum absolute atomic E-state index is 0. The normalized spacial score (nSPS) is 19.0. The summed E-state index contributed by atoms with van der Waals surface area (Å²) in [5.41, 5.74) is 1.90. The number of rotatable bonds is 2. The molecule has 140 valence electrons. The smallest absolute Gasteiger partial charge is 0.276 e. The number of amides is 1. The molecule has 1 N–H and O–H groups in total. The van der Waals surface area contributed by atoms with Gasteiger partial charge in [-0.25, -0.2) is 4.68 Å². The number of nitrogens with one attached hydrogen (secondary N) is 1. The van der Waals surface area contributed by atoms with Crippen LogP contribution in [0.3, 0.4) is 0 Å². The van der Waals surface area contributed by atoms with Crippen molar-refractivity contribution in [2.24, 2.45) is 0 Å². The van der Waals surface area contributed by atoms with E-state index >= 15 is 0 Å². The van der Waals surface area contributed by atoms with Crippen molar-refractivity contribution in [3.8, 4) is 17.2 Å². The number of hydrogen-bond acceptors (Lipinski definition) is 6. The van der Waals surface area contributed by atoms with Crippen LogP contribution in [0.5, 0.6) is 11.5 Å². The van der Waals surface area contributed by atoms with E-state index in [2.05, 4.69) is 15.6 Å². The molecular formula is C17H22ClN5O3. The molecule has 0 bridgehead atoms. The fourth-order valence-electron chi connectivity index (χ4n) is 3.21. The lowest BCUT2D eigenvalue weighted by Gasteiger charge is -2.33. The lowest BCUT2D eigenvalue weighted by atomic mass is 10.2. The van der Waals surface area contributed by atoms with Crippen LogP contribution in [0.4, 0.5) is 0 Å². The monoisotopic (exact) mass is 379 g/mol. The van der Waals surface area contributed by atoms with Crippen LogP contribution in [0.25, 0.3) is 5.69 Å². The molecule has 1 aromatic carbocycles. The van der Waals surface area contributed by atoms with Gasteiger partial charge in [-0.15, -0.1) is 17.5 Å². The van der Waals surface area contributed by atoms with Crippen molar-refractivity contribution in [2.45, 2.75) is 19.9 Å². The van der Waals surface area contributed by atoms with Crippen LogP contribution < -0.4 is 14.8 Å². The maximum Gasteiger partial charge on any atom is 0.276 e. The summed E-state index contributed by atoms with van der Waals surface area (Å²) in [5.74, 6) is 1.33. The second-order valence-corrected chi connectivity index (χ2v) is 6.31. The van der Waals surface area contributed by atoms with Gasteiger partial charge < -0.3 is 19.7 Å². The number of carbonyl (C=O) groups is 1. The predicted molar refractivity (Wildman–Crippen MR) is 97.7 cm³/mol. The van der Waals surface area contributed by atoms with Gasteiger partial charge in [0.2, 0.25) is 0 Å². The van der Waals surface area contributed by atoms with Crippen molar-refractivity contribution >= 4 is 18.3 Å². The molecule has 1 aromatic heterocycles. The first-order valence-electron chi connectivity index (χ1n) is 8.49. The lowest BCUT2D eigenvalue weighted by Crippen LogP contribution is -2.52. The van der Waals surface area contributed by atoms with Gasteiger partial charge in [0.15, 0.2) is 17.2 Å². The number of halogens is 1. The Hall–Kier alpha value is -2.32. The maximum absolute atomic E-state index is 12.8. The Balaban J connectivity index is 0.00000196. The first kappa shape index (κ1) is 18.5. The Morgan fingerprint density at radius 2 is 2.04 bits per heavy atom. The zero-order valence-electron chi connectivity index (χ0n) is 14.8. The topological polar surface area (TPSA) is 81.5 Å². The largest absolute Gasteiger partial charge is 0.486 e. The number of piperazine rings is 1. The van der Waals surface area contributed by atoms with Crippen LogP contribution in [-0.2, 0) is 0 Å². The molecule has 9 heteroatoms. The molecule has 4 rings (SSSR count). The molecule has 1 atom stereocenters. The molecule has 0 spiro atoms. The fraction of sp³-hybridized carbons (Fsp3) is 0.471. The summed E-state index contributed by atoms with van der Waals surface area (Å²) < 4.78 is 12.8. The number of nitrogens with zero attached hydrogens (tertiary/aromatic N) is 4. The lowest BCUT2D eigenvalue weighted by molar-refractivity contribution is 0.0649. The third-order valence-corrected chi connectivity index (χ3v) is 4.63. The molecule has 1 amide bonds. The standard InChI is InChI=1S/C17H21N5O3.ClH/c1-11-10-18-5-6-21(11)17(23)16-12(2)22(20-19-16)13-3-4-14-15(9-13)25-8-7-24-14;/h3-4,9,11,18H,5-8,10H2,1-2H3;1H. The van der Waals surface area contributed by atoms with Crippen LogP contribution in [0.2, 0.25) is 0 Å². The molecule has 2 aromatic rings. The number of hydrogen-bond donors (Lipinski definition) is 1. The highest BCUT2D eigenvalue weighted by atomic mass is 35.5. The molecule has 26 heavy (non-hydrogen) atoms. The Morgan fingerprint density at radius 3 is 2.81 bits per heavy atom. The summed E-state index contributed by atoms with van der Waals surface area (Å²) in [5, 5.41) is 11.6. The van der Waals surface area contributed by atoms with E-state index in [1.807, 2.05) is 36.9 Å². The highest BCUT2D eigenvalue weighted by Gasteiger charge is 2.28. The highest BCUT2D eigenvalue weighted by molar-refractivity contribution is 5.93. The molecule has 8 nitrogen and oxygen atoms in total. The SMILES string of the molecule is Cc1c(C(=O)N2CCNCC2C)nnn1-c1ccc2c(c1)OCCO2.Cl. The van der Waals surface area contributed by atoms with Gasteiger partial charge in [-0.05, 0) is 26.0 Å². The van der Waals surface area contributed by atoms with Crippen LogP contribution in [0.1, 0.15) is 23.1 Å². The number of carbonyl (C=O) groups excluding carboxylic acids is 1. The Bertz CT molecular complexity index is 810. The van der Waals surface area contributed by atoms with Gasteiger partial charge in [0.25, 0.3) is 5.91 Å². The van der Waals surface area contributed by atoms with Gasteiger partial charge >= 0.3 is 0 Å². The van der Waals surface area contributed by atoms with E-state index in [1.165, 1.54) is 0 Å². The molecular weight excluding hydrogens is 358 g/mol. The predicted octanol–water partition coefficient (Wildman–Crippen LogP) is 1.20. The van der Waals surface area contributed by atoms with E-state index < -0.39 is 0 Å². The summed E-state index contributed by atoms with van der Waals surface area (Å²) in [6, 6.07) is 5.74. The minimum Gasteiger partial charge on any atom is -0.486 e. The van der Waals surface area contributed by atoms with E-state index in [-0.39, 0.29) is 24.4 Å². The quantitative estimate of drug-likeness (QED) is 0.844. The third-order valence-electron chi connectivity index (χ3n) is 4.63. The number of ether oxygens (including phenoxy) is 2. The first-order valence-corrected chi connectivity index (χ1v) is 8.49. The minimum atomic E-state index is -0.0738. The van der Waals surface area contributed by atoms with E-state index in [0.717, 1.165) is 24.5 Å². The molecule has 0 radical (unpaired) electrons. The van der Waals surface area contributed by atoms with E-state index in [4.69, 9.17) is 9.47 Å². The summed E-state index contributed by atoms with van der Waals surface area (Å²) >= 11 is 0. The molecule has 1 saturated heterocycles. The summed E-state index contributed by atoms with van der Waals surface area (Å²) in [6.45, 7) is 7.23. The second-order valence-electron chi connectivity index (χ2n) is 6.31. The second kappa shape index (κ2) is 7.51. The highest BCUT2D eigenvalue weighted by Crippen LogP contribution is 2.32. The van der Waals surface area contributed by atoms with Crippen molar-refractivity contribution in [3.05, 3.63) is 29.6 Å². The van der Waals surface area contributed by atoms with Crippen molar-refractivity contribution in [2.75, 3.05) is 32.8 Å². The fourth-order valence-corrected chi connectivity index (χ4v) is 3.21. The van der Waals surface area contributed by atoms with Gasteiger partial charge in [-0.2, -0.15) is 0 Å². The zero-order valence-corrected chi connectivity index (χ0v) is 15.6. The first-order chi connectivity index (χ1) is 12.1. The molecule has 0 saturated carbocycles. The van der Waals surface area contributed by atoms with Gasteiger partial charge in [0.05, 0.1) is 11.4 Å². The van der Waals surface area contributed by atoms with Crippen molar-refractivity contribution < 1.29 is 14.3 Å². The van der Waals surface area contributed by atoms with Crippen LogP contribution in [0.15, 0.2) is 18.2 Å². The average Bonchev–Trinajstić information content (AvgIpc) is 3.02. The molecule has 0 aliphatic carbocycles. The van der Waals surface area contributed by atoms with Gasteiger partial charge in [0, 0.05) is 31.7 Å². The van der Waals surface area contributed by atoms with E-state index in [0.29, 0.717) is 36.9 Å². The molecule has 3 heterocycles. The van der Waals surface area contributed by atoms with E-state index in [9.17, 15) is 4.79 Å². The average molecular weight is 380 g/mol. The molecule has 1 fully saturated rings. The van der Waals surface area contributed by atoms with Crippen LogP contribution in [-0.4, -0.2) is 64.7 Å². The summed E-state index contributed by atoms with van der Waals surface area (Å²) in [6.07, 6.45) is 0. The Morgan fingerprint density at radius 1 is 1.27 bits per heavy atom. The van der Waals surface area contributed by atoms with Crippen molar-refractivity contribution in [1.29, 1.82) is 0 Å². The molecule has 2 aliphatic heterocycles. The van der Waals surface area contributed by atoms with E-state index in [1.54, 1.807) is 4.68 Å². The summed E-state index contributed by atoms with van der Waals surface area (Å²) in [4.78, 5) is 14.7. The number of aromatic nitrogens is 3. The number of benzene rings is 1. The number of fused-ring (bicyclic) bond motifs is 1. The zero-order chi connectivity index (χ0) is 17.4. The molecule has 2 aliphatic rings. The summed E-state index contributed by atoms with van der Waals surface area (Å²) in [7, 11) is 0. The Kier molecular flexibility index (Phi) is 5.33.